The maximum Gasteiger partial charge on any atom is 0.0798 e. The Bertz CT molecular complexity index is 2410. The molecule has 44 heavy (non-hydrogen) atoms. The molecule has 10 aromatic rings. The van der Waals surface area contributed by atoms with Crippen molar-refractivity contribution in [2.24, 2.45) is 0 Å². The highest BCUT2D eigenvalue weighted by Gasteiger charge is 2.13. The van der Waals surface area contributed by atoms with Gasteiger partial charge in [-0.15, -0.1) is 68.0 Å². The second kappa shape index (κ2) is 9.87. The fraction of sp³-hybridized carbons (Fsp3) is 0. The molecule has 2 nitrogen and oxygen atoms in total. The van der Waals surface area contributed by atoms with Gasteiger partial charge in [0.15, 0.2) is 0 Å². The molecule has 0 amide bonds. The van der Waals surface area contributed by atoms with Crippen molar-refractivity contribution in [1.82, 2.24) is 9.97 Å². The van der Waals surface area contributed by atoms with Crippen LogP contribution in [0.15, 0.2) is 108 Å². The molecule has 0 unspecified atom stereocenters. The van der Waals surface area contributed by atoms with Crippen molar-refractivity contribution >= 4 is 119 Å². The predicted molar refractivity (Wildman–Crippen MR) is 199 cm³/mol. The third-order valence-electron chi connectivity index (χ3n) is 8.06. The fourth-order valence-electron chi connectivity index (χ4n) is 5.92. The van der Waals surface area contributed by atoms with Crippen molar-refractivity contribution in [3.63, 3.8) is 0 Å². The zero-order valence-corrected chi connectivity index (χ0v) is 27.6. The lowest BCUT2D eigenvalue weighted by atomic mass is 10.1. The summed E-state index contributed by atoms with van der Waals surface area (Å²) >= 11 is 10.8. The smallest absolute Gasteiger partial charge is 0.0798 e. The number of benzene rings is 4. The largest absolute Gasteiger partial charge is 0.252 e. The molecular weight excluding hydrogens is 653 g/mol. The summed E-state index contributed by atoms with van der Waals surface area (Å²) < 4.78 is 5.30. The first-order valence-corrected chi connectivity index (χ1v) is 19.0. The summed E-state index contributed by atoms with van der Waals surface area (Å²) in [6.45, 7) is 0. The van der Waals surface area contributed by atoms with Crippen LogP contribution in [-0.4, -0.2) is 9.97 Å². The van der Waals surface area contributed by atoms with Crippen LogP contribution in [0.5, 0.6) is 0 Å². The van der Waals surface area contributed by atoms with Crippen LogP contribution in [0.2, 0.25) is 0 Å². The van der Waals surface area contributed by atoms with E-state index in [1.807, 2.05) is 68.8 Å². The predicted octanol–water partition coefficient (Wildman–Crippen LogP) is 13.3. The molecule has 0 saturated heterocycles. The van der Waals surface area contributed by atoms with E-state index >= 15 is 0 Å². The second-order valence-electron chi connectivity index (χ2n) is 10.8. The van der Waals surface area contributed by atoms with Crippen molar-refractivity contribution < 1.29 is 0 Å². The third-order valence-corrected chi connectivity index (χ3v) is 14.5. The second-order valence-corrected chi connectivity index (χ2v) is 16.9. The van der Waals surface area contributed by atoms with Gasteiger partial charge in [0.05, 0.1) is 20.8 Å². The maximum absolute atomic E-state index is 4.26. The average molecular weight is 671 g/mol. The van der Waals surface area contributed by atoms with Crippen molar-refractivity contribution in [2.45, 2.75) is 0 Å². The van der Waals surface area contributed by atoms with Gasteiger partial charge in [-0.2, -0.15) is 0 Å². The Hall–Kier alpha value is -3.76. The van der Waals surface area contributed by atoms with Crippen LogP contribution in [0.25, 0.3) is 91.5 Å². The number of aromatic nitrogens is 2. The zero-order chi connectivity index (χ0) is 28.8. The van der Waals surface area contributed by atoms with E-state index in [-0.39, 0.29) is 0 Å². The van der Waals surface area contributed by atoms with Crippen LogP contribution < -0.4 is 0 Å². The minimum Gasteiger partial charge on any atom is -0.252 e. The minimum absolute atomic E-state index is 1.23. The van der Waals surface area contributed by atoms with Gasteiger partial charge in [-0.25, -0.2) is 0 Å². The van der Waals surface area contributed by atoms with E-state index in [2.05, 4.69) is 94.9 Å². The van der Waals surface area contributed by atoms with Gasteiger partial charge in [0.1, 0.15) is 0 Å². The topological polar surface area (TPSA) is 25.8 Å². The van der Waals surface area contributed by atoms with Crippen LogP contribution in [0, 0.1) is 0 Å². The van der Waals surface area contributed by atoms with Gasteiger partial charge >= 0.3 is 0 Å². The summed E-state index contributed by atoms with van der Waals surface area (Å²) in [5.74, 6) is 0. The number of fused-ring (bicyclic) bond motifs is 5. The Morgan fingerprint density at radius 2 is 0.773 bits per heavy atom. The summed E-state index contributed by atoms with van der Waals surface area (Å²) in [6.07, 6.45) is 3.92. The summed E-state index contributed by atoms with van der Waals surface area (Å²) in [5, 5.41) is 7.81. The molecule has 0 radical (unpaired) electrons. The zero-order valence-electron chi connectivity index (χ0n) is 22.7. The van der Waals surface area contributed by atoms with Crippen LogP contribution in [0.4, 0.5) is 0 Å². The van der Waals surface area contributed by atoms with Gasteiger partial charge in [-0.1, -0.05) is 12.1 Å². The quantitative estimate of drug-likeness (QED) is 0.186. The highest BCUT2D eigenvalue weighted by atomic mass is 32.1. The molecule has 0 spiro atoms. The summed E-state index contributed by atoms with van der Waals surface area (Å²) in [6, 6.07) is 32.6. The maximum atomic E-state index is 4.26. The van der Waals surface area contributed by atoms with E-state index in [0.717, 1.165) is 0 Å². The number of hydrogen-bond acceptors (Lipinski definition) is 8. The lowest BCUT2D eigenvalue weighted by Gasteiger charge is -1.99. The lowest BCUT2D eigenvalue weighted by molar-refractivity contribution is 1.43. The van der Waals surface area contributed by atoms with E-state index in [0.29, 0.717) is 0 Å². The number of thiazole rings is 2. The molecule has 0 aliphatic carbocycles. The van der Waals surface area contributed by atoms with Crippen LogP contribution >= 0.6 is 68.0 Å². The first-order chi connectivity index (χ1) is 21.7. The summed E-state index contributed by atoms with van der Waals surface area (Å²) in [5.41, 5.74) is 6.37. The van der Waals surface area contributed by atoms with E-state index in [1.165, 1.54) is 91.5 Å². The lowest BCUT2D eigenvalue weighted by Crippen LogP contribution is -1.72. The van der Waals surface area contributed by atoms with Gasteiger partial charge in [0, 0.05) is 50.7 Å². The normalized spacial score (nSPS) is 12.1. The number of rotatable bonds is 4. The Balaban J connectivity index is 1.01. The van der Waals surface area contributed by atoms with Crippen molar-refractivity contribution in [1.29, 1.82) is 0 Å². The first-order valence-electron chi connectivity index (χ1n) is 14.0. The van der Waals surface area contributed by atoms with E-state index < -0.39 is 0 Å². The Morgan fingerprint density at radius 1 is 0.341 bits per heavy atom. The van der Waals surface area contributed by atoms with Crippen molar-refractivity contribution in [3.05, 3.63) is 108 Å². The van der Waals surface area contributed by atoms with Crippen molar-refractivity contribution in [2.75, 3.05) is 0 Å². The molecule has 0 aliphatic heterocycles. The molecule has 0 N–H and O–H groups in total. The molecule has 0 aliphatic rings. The molecule has 0 fully saturated rings. The molecule has 10 rings (SSSR count). The van der Waals surface area contributed by atoms with Crippen LogP contribution in [0.3, 0.4) is 0 Å². The van der Waals surface area contributed by atoms with E-state index in [9.17, 15) is 0 Å². The fourth-order valence-corrected chi connectivity index (χ4v) is 11.6. The first kappa shape index (κ1) is 25.6. The highest BCUT2D eigenvalue weighted by molar-refractivity contribution is 7.26. The van der Waals surface area contributed by atoms with Gasteiger partial charge in [-0.3, -0.25) is 9.97 Å². The molecule has 0 atom stereocenters. The minimum atomic E-state index is 1.23. The number of hydrogen-bond donors (Lipinski definition) is 0. The number of thiophene rings is 4. The monoisotopic (exact) mass is 670 g/mol. The van der Waals surface area contributed by atoms with Gasteiger partial charge in [-0.05, 0) is 116 Å². The Kier molecular flexibility index (Phi) is 5.73. The molecule has 208 valence electrons. The van der Waals surface area contributed by atoms with Gasteiger partial charge < -0.3 is 0 Å². The van der Waals surface area contributed by atoms with E-state index in [1.54, 1.807) is 22.7 Å². The van der Waals surface area contributed by atoms with Gasteiger partial charge in [0.25, 0.3) is 0 Å². The third kappa shape index (κ3) is 4.21. The van der Waals surface area contributed by atoms with Crippen molar-refractivity contribution in [3.8, 4) is 40.4 Å². The molecule has 0 bridgehead atoms. The van der Waals surface area contributed by atoms with Crippen LogP contribution in [0.1, 0.15) is 0 Å². The average Bonchev–Trinajstić information content (AvgIpc) is 3.88. The SMILES string of the molecule is c1ncc(-c2cc3cc(-c4cc5cc6cc7sc(-c8ccc9sc(-c%10cncs%10)cc9c8)cc7cc6cc5s4)ccc3s2)s1. The molecule has 4 aromatic carbocycles. The van der Waals surface area contributed by atoms with Gasteiger partial charge in [0.2, 0.25) is 0 Å². The Morgan fingerprint density at radius 3 is 1.23 bits per heavy atom. The summed E-state index contributed by atoms with van der Waals surface area (Å²) in [7, 11) is 0. The standard InChI is InChI=1S/C36H18N2S6/c1-3-27-23(13-33(41-27)35-15-37-17-39-35)5-19(1)29-11-25-7-21-10-32-26(8-22(21)9-31(25)43-29)12-30(44-32)20-2-4-28-24(6-20)14-34(42-28)36-16-38-18-40-36/h1-18H. The highest BCUT2D eigenvalue weighted by Crippen LogP contribution is 2.43. The Labute approximate surface area is 275 Å². The molecule has 0 saturated carbocycles. The number of nitrogens with zero attached hydrogens (tertiary/aromatic N) is 2. The molecule has 6 aromatic heterocycles. The molecular formula is C36H18N2S6. The summed E-state index contributed by atoms with van der Waals surface area (Å²) in [4.78, 5) is 16.2. The molecule has 8 heteroatoms. The van der Waals surface area contributed by atoms with E-state index in [4.69, 9.17) is 0 Å². The molecule has 6 heterocycles. The van der Waals surface area contributed by atoms with Crippen LogP contribution in [-0.2, 0) is 0 Å².